The smallest absolute Gasteiger partial charge is 0.305 e. The zero-order valence-corrected chi connectivity index (χ0v) is 15.1. The molecule has 0 bridgehead atoms. The second kappa shape index (κ2) is 13.4. The van der Waals surface area contributed by atoms with Crippen LogP contribution in [0.5, 0.6) is 0 Å². The summed E-state index contributed by atoms with van der Waals surface area (Å²) in [6.07, 6.45) is 7.00. The van der Waals surface area contributed by atoms with Gasteiger partial charge in [0.15, 0.2) is 0 Å². The molecule has 1 rings (SSSR count). The number of hydrogen-bond acceptors (Lipinski definition) is 4. The lowest BCUT2D eigenvalue weighted by molar-refractivity contribution is -0.145. The second-order valence-corrected chi connectivity index (χ2v) is 6.09. The van der Waals surface area contributed by atoms with Gasteiger partial charge in [0, 0.05) is 19.3 Å². The van der Waals surface area contributed by atoms with Gasteiger partial charge in [0.05, 0.1) is 13.2 Å². The Morgan fingerprint density at radius 1 is 0.840 bits per heavy atom. The SMILES string of the molecule is CCCCCCCOC(=O)CCCC(=O)OCCc1ccc(F)cc1. The van der Waals surface area contributed by atoms with Gasteiger partial charge in [-0.05, 0) is 30.5 Å². The van der Waals surface area contributed by atoms with Gasteiger partial charge >= 0.3 is 11.9 Å². The van der Waals surface area contributed by atoms with Crippen molar-refractivity contribution in [2.24, 2.45) is 0 Å². The predicted molar refractivity (Wildman–Crippen MR) is 94.6 cm³/mol. The van der Waals surface area contributed by atoms with Crippen molar-refractivity contribution in [2.45, 2.75) is 64.7 Å². The van der Waals surface area contributed by atoms with Crippen molar-refractivity contribution in [3.05, 3.63) is 35.6 Å². The minimum absolute atomic E-state index is 0.203. The van der Waals surface area contributed by atoms with E-state index in [1.807, 2.05) is 0 Å². The van der Waals surface area contributed by atoms with Crippen molar-refractivity contribution >= 4 is 11.9 Å². The molecule has 0 radical (unpaired) electrons. The van der Waals surface area contributed by atoms with Gasteiger partial charge in [-0.2, -0.15) is 0 Å². The third-order valence-electron chi connectivity index (χ3n) is 3.84. The lowest BCUT2D eigenvalue weighted by Crippen LogP contribution is -2.10. The number of ether oxygens (including phenoxy) is 2. The summed E-state index contributed by atoms with van der Waals surface area (Å²) in [5, 5.41) is 0. The fourth-order valence-electron chi connectivity index (χ4n) is 2.35. The molecule has 0 fully saturated rings. The van der Waals surface area contributed by atoms with Gasteiger partial charge < -0.3 is 9.47 Å². The van der Waals surface area contributed by atoms with Gasteiger partial charge in [-0.25, -0.2) is 4.39 Å². The van der Waals surface area contributed by atoms with Crippen LogP contribution in [0.3, 0.4) is 0 Å². The normalized spacial score (nSPS) is 10.5. The first kappa shape index (κ1) is 21.1. The summed E-state index contributed by atoms with van der Waals surface area (Å²) in [6.45, 7) is 2.88. The van der Waals surface area contributed by atoms with Crippen molar-refractivity contribution in [2.75, 3.05) is 13.2 Å². The van der Waals surface area contributed by atoms with Crippen LogP contribution < -0.4 is 0 Å². The number of hydrogen-bond donors (Lipinski definition) is 0. The summed E-state index contributed by atoms with van der Waals surface area (Å²) in [7, 11) is 0. The Kier molecular flexibility index (Phi) is 11.3. The van der Waals surface area contributed by atoms with Crippen LogP contribution in [0.1, 0.15) is 63.9 Å². The van der Waals surface area contributed by atoms with Crippen molar-refractivity contribution in [1.29, 1.82) is 0 Å². The third-order valence-corrected chi connectivity index (χ3v) is 3.84. The molecule has 0 aromatic heterocycles. The lowest BCUT2D eigenvalue weighted by Gasteiger charge is -2.06. The molecule has 1 aromatic rings. The highest BCUT2D eigenvalue weighted by Crippen LogP contribution is 2.06. The molecule has 1 aromatic carbocycles. The highest BCUT2D eigenvalue weighted by molar-refractivity contribution is 5.72. The third kappa shape index (κ3) is 11.3. The van der Waals surface area contributed by atoms with E-state index < -0.39 is 0 Å². The van der Waals surface area contributed by atoms with Crippen molar-refractivity contribution in [3.8, 4) is 0 Å². The summed E-state index contributed by atoms with van der Waals surface area (Å²) in [4.78, 5) is 23.1. The molecule has 0 saturated carbocycles. The van der Waals surface area contributed by atoms with E-state index >= 15 is 0 Å². The van der Waals surface area contributed by atoms with Crippen LogP contribution in [-0.4, -0.2) is 25.2 Å². The number of benzene rings is 1. The molecule has 0 saturated heterocycles. The number of carbonyl (C=O) groups excluding carboxylic acids is 2. The van der Waals surface area contributed by atoms with E-state index in [0.29, 0.717) is 19.4 Å². The standard InChI is InChI=1S/C20H29FO4/c1-2-3-4-5-6-15-24-19(22)8-7-9-20(23)25-16-14-17-10-12-18(21)13-11-17/h10-13H,2-9,14-16H2,1H3. The molecule has 25 heavy (non-hydrogen) atoms. The Labute approximate surface area is 149 Å². The van der Waals surface area contributed by atoms with Gasteiger partial charge in [0.25, 0.3) is 0 Å². The molecule has 4 nitrogen and oxygen atoms in total. The molecule has 0 heterocycles. The fraction of sp³-hybridized carbons (Fsp3) is 0.600. The number of halogens is 1. The largest absolute Gasteiger partial charge is 0.466 e. The minimum atomic E-state index is -0.325. The van der Waals surface area contributed by atoms with Gasteiger partial charge in [-0.15, -0.1) is 0 Å². The van der Waals surface area contributed by atoms with Crippen molar-refractivity contribution in [1.82, 2.24) is 0 Å². The topological polar surface area (TPSA) is 52.6 Å². The molecule has 0 spiro atoms. The molecular weight excluding hydrogens is 323 g/mol. The maximum absolute atomic E-state index is 12.8. The monoisotopic (exact) mass is 352 g/mol. The van der Waals surface area contributed by atoms with Crippen LogP contribution >= 0.6 is 0 Å². The van der Waals surface area contributed by atoms with E-state index in [-0.39, 0.29) is 37.2 Å². The molecule has 0 N–H and O–H groups in total. The van der Waals surface area contributed by atoms with Gasteiger partial charge in [-0.1, -0.05) is 44.7 Å². The molecule has 0 amide bonds. The molecule has 0 unspecified atom stereocenters. The lowest BCUT2D eigenvalue weighted by atomic mass is 10.1. The summed E-state index contributed by atoms with van der Waals surface area (Å²) < 4.78 is 23.0. The Balaban J connectivity index is 1.98. The Morgan fingerprint density at radius 2 is 1.44 bits per heavy atom. The quantitative estimate of drug-likeness (QED) is 0.385. The van der Waals surface area contributed by atoms with E-state index in [2.05, 4.69) is 6.92 Å². The van der Waals surface area contributed by atoms with Crippen LogP contribution in [0.2, 0.25) is 0 Å². The van der Waals surface area contributed by atoms with Crippen LogP contribution in [0.15, 0.2) is 24.3 Å². The molecule has 5 heteroatoms. The average Bonchev–Trinajstić information content (AvgIpc) is 2.60. The van der Waals surface area contributed by atoms with Gasteiger partial charge in [0.2, 0.25) is 0 Å². The van der Waals surface area contributed by atoms with Crippen LogP contribution in [-0.2, 0) is 25.5 Å². The maximum atomic E-state index is 12.8. The molecule has 0 atom stereocenters. The number of carbonyl (C=O) groups is 2. The first-order valence-electron chi connectivity index (χ1n) is 9.17. The molecule has 140 valence electrons. The average molecular weight is 352 g/mol. The molecule has 0 aliphatic carbocycles. The molecule has 0 aliphatic heterocycles. The van der Waals surface area contributed by atoms with Crippen LogP contribution in [0.4, 0.5) is 4.39 Å². The Bertz CT molecular complexity index is 499. The number of esters is 2. The van der Waals surface area contributed by atoms with E-state index in [9.17, 15) is 14.0 Å². The van der Waals surface area contributed by atoms with Crippen LogP contribution in [0, 0.1) is 5.82 Å². The Hall–Kier alpha value is -1.91. The van der Waals surface area contributed by atoms with E-state index in [0.717, 1.165) is 18.4 Å². The number of rotatable bonds is 13. The second-order valence-electron chi connectivity index (χ2n) is 6.09. The van der Waals surface area contributed by atoms with Gasteiger partial charge in [-0.3, -0.25) is 9.59 Å². The van der Waals surface area contributed by atoms with Crippen molar-refractivity contribution < 1.29 is 23.5 Å². The van der Waals surface area contributed by atoms with Crippen LogP contribution in [0.25, 0.3) is 0 Å². The highest BCUT2D eigenvalue weighted by Gasteiger charge is 2.07. The van der Waals surface area contributed by atoms with E-state index in [4.69, 9.17) is 9.47 Å². The summed E-state index contributed by atoms with van der Waals surface area (Å²) in [6, 6.07) is 6.10. The highest BCUT2D eigenvalue weighted by atomic mass is 19.1. The summed E-state index contributed by atoms with van der Waals surface area (Å²) in [5.74, 6) is -0.863. The van der Waals surface area contributed by atoms with E-state index in [1.165, 1.54) is 31.4 Å². The summed E-state index contributed by atoms with van der Waals surface area (Å²) >= 11 is 0. The van der Waals surface area contributed by atoms with Gasteiger partial charge in [0.1, 0.15) is 5.82 Å². The number of unbranched alkanes of at least 4 members (excludes halogenated alkanes) is 4. The Morgan fingerprint density at radius 3 is 2.08 bits per heavy atom. The first-order valence-corrected chi connectivity index (χ1v) is 9.17. The maximum Gasteiger partial charge on any atom is 0.305 e. The van der Waals surface area contributed by atoms with Crippen molar-refractivity contribution in [3.63, 3.8) is 0 Å². The zero-order chi connectivity index (χ0) is 18.3. The first-order chi connectivity index (χ1) is 12.1. The molecule has 0 aliphatic rings. The predicted octanol–water partition coefficient (Wildman–Crippen LogP) is 4.60. The zero-order valence-electron chi connectivity index (χ0n) is 15.1. The fourth-order valence-corrected chi connectivity index (χ4v) is 2.35. The molecular formula is C20H29FO4. The minimum Gasteiger partial charge on any atom is -0.466 e. The summed E-state index contributed by atoms with van der Waals surface area (Å²) in [5.41, 5.74) is 0.914. The van der Waals surface area contributed by atoms with E-state index in [1.54, 1.807) is 12.1 Å².